The number of aromatic nitrogens is 2. The number of amides is 10. The van der Waals surface area contributed by atoms with Crippen molar-refractivity contribution in [1.82, 2.24) is 52.5 Å². The molecule has 0 radical (unpaired) electrons. The zero-order valence-corrected chi connectivity index (χ0v) is 45.2. The first-order valence-electron chi connectivity index (χ1n) is 25.1. The molecule has 1 aromatic carbocycles. The van der Waals surface area contributed by atoms with Crippen molar-refractivity contribution in [3.63, 3.8) is 0 Å². The summed E-state index contributed by atoms with van der Waals surface area (Å²) >= 11 is 1.32. The quantitative estimate of drug-likeness (QED) is 0.0325. The van der Waals surface area contributed by atoms with Crippen LogP contribution in [0.15, 0.2) is 36.8 Å². The summed E-state index contributed by atoms with van der Waals surface area (Å²) < 4.78 is 0. The third-order valence-corrected chi connectivity index (χ3v) is 12.4. The van der Waals surface area contributed by atoms with Crippen LogP contribution in [0, 0.1) is 11.8 Å². The zero-order chi connectivity index (χ0) is 58.8. The van der Waals surface area contributed by atoms with Gasteiger partial charge in [-0.1, -0.05) is 39.8 Å². The number of phenols is 1. The van der Waals surface area contributed by atoms with E-state index in [0.29, 0.717) is 11.3 Å². The van der Waals surface area contributed by atoms with Gasteiger partial charge in [0.25, 0.3) is 0 Å². The molecule has 0 aliphatic carbocycles. The highest BCUT2D eigenvalue weighted by molar-refractivity contribution is 7.98. The highest BCUT2D eigenvalue weighted by Gasteiger charge is 2.36. The zero-order valence-electron chi connectivity index (χ0n) is 44.4. The molecule has 2 rings (SSSR count). The molecule has 0 saturated carbocycles. The molecular weight excluding hydrogens is 1040 g/mol. The second-order valence-corrected chi connectivity index (χ2v) is 20.3. The largest absolute Gasteiger partial charge is 0.508 e. The Kier molecular flexibility index (Phi) is 28.4. The minimum absolute atomic E-state index is 0.00564. The number of carbonyl (C=O) groups is 12. The van der Waals surface area contributed by atoms with E-state index >= 15 is 0 Å². The van der Waals surface area contributed by atoms with E-state index in [1.54, 1.807) is 34.0 Å². The number of H-pyrrole nitrogens is 1. The highest BCUT2D eigenvalue weighted by atomic mass is 32.2. The van der Waals surface area contributed by atoms with E-state index in [9.17, 15) is 72.9 Å². The number of benzene rings is 1. The molecule has 0 spiro atoms. The summed E-state index contributed by atoms with van der Waals surface area (Å²) in [7, 11) is 0. The SMILES string of the molecule is CSCC[C@H](NC(=O)[C@H](CC(C)C)NC(=O)[C@H](C)N)C(=O)N[C@@H](CCC(=O)O)C(=O)N[C@@H](CCC(N)=O)C(=O)N[C@@H](CCC(N)=O)C(=O)N[C@@H](Cc1cnc[nH]1)C(=O)N[C@@H](Cc1ccc(O)cc1)C(=O)N[C@H](C(=O)O)C(C)C. The number of aromatic amines is 1. The molecule has 78 heavy (non-hydrogen) atoms. The lowest BCUT2D eigenvalue weighted by atomic mass is 10.0. The van der Waals surface area contributed by atoms with Gasteiger partial charge in [0.05, 0.1) is 12.4 Å². The monoisotopic (exact) mass is 1120 g/mol. The Morgan fingerprint density at radius 1 is 0.564 bits per heavy atom. The Morgan fingerprint density at radius 2 is 0.974 bits per heavy atom. The Morgan fingerprint density at radius 3 is 1.37 bits per heavy atom. The second kappa shape index (κ2) is 33.4. The lowest BCUT2D eigenvalue weighted by molar-refractivity contribution is -0.143. The van der Waals surface area contributed by atoms with Crippen molar-refractivity contribution in [3.8, 4) is 5.75 Å². The average Bonchev–Trinajstić information content (AvgIpc) is 3.88. The minimum Gasteiger partial charge on any atom is -0.508 e. The standard InChI is InChI=1S/C49H75N13O15S/c1-24(2)19-34(59-41(68)26(5)50)46(73)58-33(17-18-78-6)45(72)57-32(13-16-39(66)67)43(70)55-30(11-14-37(51)64)42(69)56-31(12-15-38(52)65)44(71)61-36(21-28-22-53-23-54-28)47(74)60-35(20-27-7-9-29(63)10-8-27)48(75)62-40(25(3)4)49(76)77/h7-10,22-26,30-36,40,63H,11-21,50H2,1-6H3,(H2,51,64)(H2,52,65)(H,53,54)(H,55,70)(H,56,69)(H,57,72)(H,58,73)(H,59,68)(H,60,74)(H,61,71)(H,62,75)(H,66,67)(H,76,77)/t26-,30-,31-,32-,33-,34-,35-,36-,40-/m0/s1. The number of aliphatic carboxylic acids is 2. The molecule has 10 amide bonds. The number of nitrogens with zero attached hydrogens (tertiary/aromatic N) is 1. The summed E-state index contributed by atoms with van der Waals surface area (Å²) in [6.45, 7) is 8.13. The number of primary amides is 2. The number of aromatic hydroxyl groups is 1. The van der Waals surface area contributed by atoms with Gasteiger partial charge in [-0.25, -0.2) is 9.78 Å². The maximum atomic E-state index is 14.3. The number of carboxylic acids is 2. The van der Waals surface area contributed by atoms with Crippen molar-refractivity contribution in [2.75, 3.05) is 12.0 Å². The Bertz CT molecular complexity index is 2390. The number of phenolic OH excluding ortho intramolecular Hbond substituents is 1. The Balaban J connectivity index is 2.54. The van der Waals surface area contributed by atoms with Gasteiger partial charge in [-0.15, -0.1) is 0 Å². The van der Waals surface area contributed by atoms with Crippen LogP contribution in [-0.2, 0) is 70.4 Å². The van der Waals surface area contributed by atoms with Crippen molar-refractivity contribution in [1.29, 1.82) is 0 Å². The van der Waals surface area contributed by atoms with Crippen molar-refractivity contribution in [3.05, 3.63) is 48.0 Å². The lowest BCUT2D eigenvalue weighted by Crippen LogP contribution is -2.61. The van der Waals surface area contributed by atoms with E-state index in [2.05, 4.69) is 52.5 Å². The van der Waals surface area contributed by atoms with Crippen LogP contribution in [0.5, 0.6) is 5.75 Å². The number of carbonyl (C=O) groups excluding carboxylic acids is 10. The van der Waals surface area contributed by atoms with E-state index < -0.39 is 170 Å². The number of rotatable bonds is 36. The first kappa shape index (κ1) is 66.3. The molecule has 0 aliphatic heterocycles. The van der Waals surface area contributed by atoms with Gasteiger partial charge in [0.15, 0.2) is 0 Å². The van der Waals surface area contributed by atoms with Crippen LogP contribution in [0.4, 0.5) is 0 Å². The fraction of sp³-hybridized carbons (Fsp3) is 0.571. The molecule has 9 atom stereocenters. The predicted molar refractivity (Wildman–Crippen MR) is 282 cm³/mol. The molecule has 0 saturated heterocycles. The van der Waals surface area contributed by atoms with Gasteiger partial charge in [0, 0.05) is 44.0 Å². The topological polar surface area (TPSA) is 469 Å². The van der Waals surface area contributed by atoms with E-state index in [1.165, 1.54) is 55.5 Å². The third kappa shape index (κ3) is 24.5. The van der Waals surface area contributed by atoms with Crippen LogP contribution in [0.3, 0.4) is 0 Å². The maximum absolute atomic E-state index is 14.3. The molecule has 1 aromatic heterocycles. The van der Waals surface area contributed by atoms with E-state index in [-0.39, 0.29) is 43.0 Å². The summed E-state index contributed by atoms with van der Waals surface area (Å²) in [5, 5.41) is 49.1. The molecule has 1 heterocycles. The molecule has 18 N–H and O–H groups in total. The van der Waals surface area contributed by atoms with Crippen LogP contribution >= 0.6 is 11.8 Å². The number of thioether (sulfide) groups is 1. The smallest absolute Gasteiger partial charge is 0.326 e. The normalized spacial score (nSPS) is 14.6. The number of hydrogen-bond acceptors (Lipinski definition) is 16. The van der Waals surface area contributed by atoms with Gasteiger partial charge < -0.3 is 80.0 Å². The van der Waals surface area contributed by atoms with Gasteiger partial charge in [-0.3, -0.25) is 52.7 Å². The summed E-state index contributed by atoms with van der Waals surface area (Å²) in [6.07, 6.45) is 0.594. The molecule has 0 fully saturated rings. The first-order chi connectivity index (χ1) is 36.6. The summed E-state index contributed by atoms with van der Waals surface area (Å²) in [5.41, 5.74) is 17.3. The number of nitrogens with one attached hydrogen (secondary N) is 9. The number of nitrogens with two attached hydrogens (primary N) is 3. The molecule has 2 aromatic rings. The van der Waals surface area contributed by atoms with Gasteiger partial charge >= 0.3 is 11.9 Å². The number of carboxylic acid groups (broad SMARTS) is 2. The third-order valence-electron chi connectivity index (χ3n) is 11.8. The first-order valence-corrected chi connectivity index (χ1v) is 26.4. The summed E-state index contributed by atoms with van der Waals surface area (Å²) in [5.74, 6) is -12.7. The van der Waals surface area contributed by atoms with Crippen molar-refractivity contribution in [2.45, 2.75) is 153 Å². The summed E-state index contributed by atoms with van der Waals surface area (Å²) in [6, 6.07) is -7.46. The van der Waals surface area contributed by atoms with Crippen molar-refractivity contribution in [2.24, 2.45) is 29.0 Å². The molecule has 0 bridgehead atoms. The Hall–Kier alpha value is -7.82. The average molecular weight is 1120 g/mol. The molecule has 29 heteroatoms. The van der Waals surface area contributed by atoms with Crippen molar-refractivity contribution < 1.29 is 72.9 Å². The van der Waals surface area contributed by atoms with Crippen LogP contribution < -0.4 is 59.7 Å². The predicted octanol–water partition coefficient (Wildman–Crippen LogP) is -2.94. The lowest BCUT2D eigenvalue weighted by Gasteiger charge is -2.28. The van der Waals surface area contributed by atoms with Crippen LogP contribution in [0.25, 0.3) is 0 Å². The van der Waals surface area contributed by atoms with Crippen molar-refractivity contribution >= 4 is 82.8 Å². The van der Waals surface area contributed by atoms with E-state index in [1.807, 2.05) is 0 Å². The number of imidazole rings is 1. The van der Waals surface area contributed by atoms with Crippen LogP contribution in [0.1, 0.15) is 97.2 Å². The fourth-order valence-corrected chi connectivity index (χ4v) is 7.93. The fourth-order valence-electron chi connectivity index (χ4n) is 7.46. The van der Waals surface area contributed by atoms with Gasteiger partial charge in [-0.2, -0.15) is 11.8 Å². The van der Waals surface area contributed by atoms with Crippen LogP contribution in [-0.4, -0.2) is 163 Å². The molecule has 0 aliphatic rings. The Labute approximate surface area is 454 Å². The second-order valence-electron chi connectivity index (χ2n) is 19.3. The number of hydrogen-bond donors (Lipinski definition) is 15. The molecular formula is C49H75N13O15S. The molecule has 432 valence electrons. The molecule has 0 unspecified atom stereocenters. The van der Waals surface area contributed by atoms with Crippen LogP contribution in [0.2, 0.25) is 0 Å². The van der Waals surface area contributed by atoms with E-state index in [0.717, 1.165) is 0 Å². The highest BCUT2D eigenvalue weighted by Crippen LogP contribution is 2.15. The summed E-state index contributed by atoms with van der Waals surface area (Å²) in [4.78, 5) is 165. The van der Waals surface area contributed by atoms with E-state index in [4.69, 9.17) is 17.2 Å². The maximum Gasteiger partial charge on any atom is 0.326 e. The van der Waals surface area contributed by atoms with Gasteiger partial charge in [0.1, 0.15) is 54.1 Å². The molecule has 28 nitrogen and oxygen atoms in total. The van der Waals surface area contributed by atoms with Gasteiger partial charge in [0.2, 0.25) is 59.1 Å². The minimum atomic E-state index is -1.75. The van der Waals surface area contributed by atoms with Gasteiger partial charge in [-0.05, 0) is 80.6 Å².